The van der Waals surface area contributed by atoms with E-state index in [2.05, 4.69) is 0 Å². The minimum Gasteiger partial charge on any atom is -0.379 e. The van der Waals surface area contributed by atoms with Crippen molar-refractivity contribution >= 4 is 11.8 Å². The maximum atomic E-state index is 12.4. The van der Waals surface area contributed by atoms with E-state index in [9.17, 15) is 9.59 Å². The first kappa shape index (κ1) is 11.0. The molecule has 0 aromatic rings. The van der Waals surface area contributed by atoms with E-state index in [1.807, 2.05) is 4.90 Å². The van der Waals surface area contributed by atoms with Crippen LogP contribution < -0.4 is 0 Å². The molecule has 0 N–H and O–H groups in total. The summed E-state index contributed by atoms with van der Waals surface area (Å²) in [6.45, 7) is 2.69. The number of hydrogen-bond donors (Lipinski definition) is 0. The highest BCUT2D eigenvalue weighted by Crippen LogP contribution is 2.26. The predicted molar refractivity (Wildman–Crippen MR) is 60.3 cm³/mol. The van der Waals surface area contributed by atoms with Crippen LogP contribution >= 0.6 is 0 Å². The number of carbonyl (C=O) groups excluding carboxylic acids is 2. The molecule has 0 aromatic heterocycles. The Hall–Kier alpha value is -1.10. The van der Waals surface area contributed by atoms with Gasteiger partial charge in [0.25, 0.3) is 0 Å². The van der Waals surface area contributed by atoms with Gasteiger partial charge >= 0.3 is 0 Å². The minimum atomic E-state index is -0.189. The number of carbonyl (C=O) groups is 2. The number of amides is 2. The fraction of sp³-hybridized carbons (Fsp3) is 0.833. The van der Waals surface area contributed by atoms with Gasteiger partial charge in [-0.1, -0.05) is 0 Å². The van der Waals surface area contributed by atoms with E-state index in [1.165, 1.54) is 0 Å². The number of nitrogens with zero attached hydrogens (tertiary/aromatic N) is 2. The smallest absolute Gasteiger partial charge is 0.245 e. The number of fused-ring (bicyclic) bond motifs is 1. The summed E-state index contributed by atoms with van der Waals surface area (Å²) in [5.41, 5.74) is 0. The molecule has 3 rings (SSSR count). The lowest BCUT2D eigenvalue weighted by Crippen LogP contribution is -2.47. The molecular weight excluding hydrogens is 220 g/mol. The zero-order valence-corrected chi connectivity index (χ0v) is 9.93. The van der Waals surface area contributed by atoms with E-state index in [0.717, 1.165) is 32.4 Å². The Labute approximate surface area is 101 Å². The van der Waals surface area contributed by atoms with Crippen molar-refractivity contribution in [2.75, 3.05) is 26.3 Å². The molecule has 3 aliphatic rings. The number of ether oxygens (including phenoxy) is 1. The second-order valence-electron chi connectivity index (χ2n) is 5.04. The van der Waals surface area contributed by atoms with Crippen LogP contribution in [0.5, 0.6) is 0 Å². The Kier molecular flexibility index (Phi) is 2.78. The van der Waals surface area contributed by atoms with Gasteiger partial charge in [-0.2, -0.15) is 0 Å². The van der Waals surface area contributed by atoms with Crippen LogP contribution in [0.15, 0.2) is 0 Å². The maximum Gasteiger partial charge on any atom is 0.245 e. The Morgan fingerprint density at radius 3 is 2.76 bits per heavy atom. The lowest BCUT2D eigenvalue weighted by Gasteiger charge is -2.29. The first-order valence-corrected chi connectivity index (χ1v) is 6.45. The van der Waals surface area contributed by atoms with Crippen LogP contribution in [0.2, 0.25) is 0 Å². The van der Waals surface area contributed by atoms with Crippen LogP contribution in [0.25, 0.3) is 0 Å². The quantitative estimate of drug-likeness (QED) is 0.646. The number of rotatable bonds is 1. The van der Waals surface area contributed by atoms with E-state index >= 15 is 0 Å². The Morgan fingerprint density at radius 1 is 1.12 bits per heavy atom. The van der Waals surface area contributed by atoms with Gasteiger partial charge < -0.3 is 14.5 Å². The zero-order valence-electron chi connectivity index (χ0n) is 9.93. The van der Waals surface area contributed by atoms with Crippen molar-refractivity contribution in [1.82, 2.24) is 9.80 Å². The average molecular weight is 238 g/mol. The van der Waals surface area contributed by atoms with Gasteiger partial charge in [0, 0.05) is 26.1 Å². The van der Waals surface area contributed by atoms with E-state index in [0.29, 0.717) is 19.6 Å². The van der Waals surface area contributed by atoms with Gasteiger partial charge in [0.05, 0.1) is 12.6 Å². The zero-order chi connectivity index (χ0) is 11.8. The molecule has 0 bridgehead atoms. The van der Waals surface area contributed by atoms with Crippen molar-refractivity contribution in [2.24, 2.45) is 0 Å². The Bertz CT molecular complexity index is 339. The molecule has 3 saturated heterocycles. The van der Waals surface area contributed by atoms with Gasteiger partial charge in [-0.05, 0) is 19.3 Å². The summed E-state index contributed by atoms with van der Waals surface area (Å²) >= 11 is 0. The van der Waals surface area contributed by atoms with Crippen LogP contribution in [-0.2, 0) is 14.3 Å². The molecule has 3 aliphatic heterocycles. The summed E-state index contributed by atoms with van der Waals surface area (Å²) in [5, 5.41) is 0. The molecule has 2 unspecified atom stereocenters. The van der Waals surface area contributed by atoms with Crippen LogP contribution in [0.3, 0.4) is 0 Å². The van der Waals surface area contributed by atoms with Crippen molar-refractivity contribution in [3.8, 4) is 0 Å². The predicted octanol–water partition coefficient (Wildman–Crippen LogP) is -0.00140. The van der Waals surface area contributed by atoms with Crippen molar-refractivity contribution in [1.29, 1.82) is 0 Å². The van der Waals surface area contributed by atoms with E-state index in [-0.39, 0.29) is 23.9 Å². The van der Waals surface area contributed by atoms with Crippen LogP contribution in [0, 0.1) is 0 Å². The highest BCUT2D eigenvalue weighted by molar-refractivity contribution is 5.90. The lowest BCUT2D eigenvalue weighted by atomic mass is 10.1. The third kappa shape index (κ3) is 1.82. The summed E-state index contributed by atoms with van der Waals surface area (Å²) in [4.78, 5) is 28.0. The van der Waals surface area contributed by atoms with Gasteiger partial charge in [-0.25, -0.2) is 0 Å². The maximum absolute atomic E-state index is 12.4. The molecule has 3 heterocycles. The van der Waals surface area contributed by atoms with Crippen molar-refractivity contribution in [3.63, 3.8) is 0 Å². The SMILES string of the molecule is O=C1C2CCCN2C(=O)CCN1C1CCOC1. The second kappa shape index (κ2) is 4.29. The standard InChI is InChI=1S/C12H18N2O3/c15-11-3-6-13(9-4-7-17-8-9)12(16)10-2-1-5-14(10)11/h9-10H,1-8H2. The highest BCUT2D eigenvalue weighted by atomic mass is 16.5. The fourth-order valence-corrected chi connectivity index (χ4v) is 3.11. The molecule has 94 valence electrons. The van der Waals surface area contributed by atoms with E-state index in [4.69, 9.17) is 4.74 Å². The number of hydrogen-bond acceptors (Lipinski definition) is 3. The van der Waals surface area contributed by atoms with Gasteiger partial charge in [0.2, 0.25) is 11.8 Å². The fourth-order valence-electron chi connectivity index (χ4n) is 3.11. The Morgan fingerprint density at radius 2 is 2.00 bits per heavy atom. The molecule has 0 spiro atoms. The summed E-state index contributed by atoms with van der Waals surface area (Å²) in [7, 11) is 0. The lowest BCUT2D eigenvalue weighted by molar-refractivity contribution is -0.140. The molecule has 0 radical (unpaired) electrons. The topological polar surface area (TPSA) is 49.9 Å². The summed E-state index contributed by atoms with van der Waals surface area (Å²) in [6.07, 6.45) is 3.16. The van der Waals surface area contributed by atoms with Gasteiger partial charge in [0.15, 0.2) is 0 Å². The van der Waals surface area contributed by atoms with E-state index < -0.39 is 0 Å². The molecule has 3 fully saturated rings. The van der Waals surface area contributed by atoms with E-state index in [1.54, 1.807) is 4.90 Å². The summed E-state index contributed by atoms with van der Waals surface area (Å²) in [6, 6.07) is 0.00134. The molecule has 0 saturated carbocycles. The van der Waals surface area contributed by atoms with Crippen molar-refractivity contribution in [2.45, 2.75) is 37.8 Å². The van der Waals surface area contributed by atoms with Gasteiger partial charge in [-0.3, -0.25) is 9.59 Å². The summed E-state index contributed by atoms with van der Waals surface area (Å²) < 4.78 is 5.35. The molecule has 5 nitrogen and oxygen atoms in total. The molecule has 17 heavy (non-hydrogen) atoms. The van der Waals surface area contributed by atoms with Crippen molar-refractivity contribution in [3.05, 3.63) is 0 Å². The molecular formula is C12H18N2O3. The molecule has 0 aliphatic carbocycles. The van der Waals surface area contributed by atoms with Crippen LogP contribution in [0.1, 0.15) is 25.7 Å². The van der Waals surface area contributed by atoms with Crippen molar-refractivity contribution < 1.29 is 14.3 Å². The molecule has 2 atom stereocenters. The molecule has 0 aromatic carbocycles. The third-order valence-electron chi connectivity index (χ3n) is 4.05. The normalized spacial score (nSPS) is 34.1. The Balaban J connectivity index is 1.81. The molecule has 5 heteroatoms. The van der Waals surface area contributed by atoms with Gasteiger partial charge in [-0.15, -0.1) is 0 Å². The third-order valence-corrected chi connectivity index (χ3v) is 4.05. The minimum absolute atomic E-state index is 0.141. The second-order valence-corrected chi connectivity index (χ2v) is 5.04. The molecule has 2 amide bonds. The average Bonchev–Trinajstić information content (AvgIpc) is 2.98. The monoisotopic (exact) mass is 238 g/mol. The largest absolute Gasteiger partial charge is 0.379 e. The van der Waals surface area contributed by atoms with Gasteiger partial charge in [0.1, 0.15) is 6.04 Å². The summed E-state index contributed by atoms with van der Waals surface area (Å²) in [5.74, 6) is 0.283. The first-order chi connectivity index (χ1) is 8.27. The van der Waals surface area contributed by atoms with Crippen LogP contribution in [0.4, 0.5) is 0 Å². The first-order valence-electron chi connectivity index (χ1n) is 6.45. The highest BCUT2D eigenvalue weighted by Gasteiger charge is 2.41. The van der Waals surface area contributed by atoms with Crippen LogP contribution in [-0.4, -0.2) is 60.0 Å².